The highest BCUT2D eigenvalue weighted by molar-refractivity contribution is 9.10. The normalized spacial score (nSPS) is 14.9. The van der Waals surface area contributed by atoms with Crippen molar-refractivity contribution in [2.45, 2.75) is 47.1 Å². The molecule has 0 fully saturated rings. The van der Waals surface area contributed by atoms with Crippen molar-refractivity contribution in [2.24, 2.45) is 11.3 Å². The fraction of sp³-hybridized carbons (Fsp3) is 0.647. The molecule has 1 N–H and O–H groups in total. The number of rotatable bonds is 6. The average Bonchev–Trinajstić information content (AvgIpc) is 2.37. The number of benzene rings is 1. The molecule has 0 aliphatic heterocycles. The number of halogens is 1. The molecule has 0 saturated heterocycles. The van der Waals surface area contributed by atoms with Crippen LogP contribution in [0.4, 0.5) is 0 Å². The third kappa shape index (κ3) is 4.78. The lowest BCUT2D eigenvalue weighted by Gasteiger charge is -2.31. The molecule has 1 rings (SSSR count). The molecule has 0 aliphatic carbocycles. The molecule has 1 aromatic rings. The molecule has 2 nitrogen and oxygen atoms in total. The van der Waals surface area contributed by atoms with Crippen LogP contribution in [0.3, 0.4) is 0 Å². The van der Waals surface area contributed by atoms with Gasteiger partial charge in [0.1, 0.15) is 5.75 Å². The Bertz CT molecular complexity index is 425. The number of ether oxygens (including phenoxy) is 1. The minimum atomic E-state index is 0.309. The van der Waals surface area contributed by atoms with Gasteiger partial charge in [0.2, 0.25) is 0 Å². The summed E-state index contributed by atoms with van der Waals surface area (Å²) in [7, 11) is 2.02. The van der Waals surface area contributed by atoms with Gasteiger partial charge in [0.15, 0.2) is 0 Å². The van der Waals surface area contributed by atoms with E-state index in [2.05, 4.69) is 61.1 Å². The highest BCUT2D eigenvalue weighted by Gasteiger charge is 2.25. The van der Waals surface area contributed by atoms with E-state index in [0.29, 0.717) is 24.0 Å². The van der Waals surface area contributed by atoms with Gasteiger partial charge in [-0.3, -0.25) is 0 Å². The van der Waals surface area contributed by atoms with Crippen LogP contribution in [0, 0.1) is 11.3 Å². The highest BCUT2D eigenvalue weighted by Crippen LogP contribution is 2.37. The Hall–Kier alpha value is -0.540. The van der Waals surface area contributed by atoms with Crippen LogP contribution in [0.1, 0.15) is 52.6 Å². The second-order valence-electron chi connectivity index (χ2n) is 6.46. The summed E-state index contributed by atoms with van der Waals surface area (Å²) in [5, 5.41) is 3.45. The van der Waals surface area contributed by atoms with E-state index >= 15 is 0 Å². The average molecular weight is 342 g/mol. The van der Waals surface area contributed by atoms with Gasteiger partial charge in [-0.1, -0.05) is 43.6 Å². The Kier molecular flexibility index (Phi) is 6.53. The van der Waals surface area contributed by atoms with Gasteiger partial charge in [-0.2, -0.15) is 0 Å². The first kappa shape index (κ1) is 17.5. The van der Waals surface area contributed by atoms with E-state index in [1.54, 1.807) is 0 Å². The first-order valence-corrected chi connectivity index (χ1v) is 8.18. The molecule has 20 heavy (non-hydrogen) atoms. The van der Waals surface area contributed by atoms with Crippen LogP contribution in [0.25, 0.3) is 0 Å². The zero-order chi connectivity index (χ0) is 15.3. The summed E-state index contributed by atoms with van der Waals surface area (Å²) in [4.78, 5) is 0. The lowest BCUT2D eigenvalue weighted by molar-refractivity contribution is 0.223. The summed E-state index contributed by atoms with van der Waals surface area (Å²) in [6, 6.07) is 6.56. The minimum absolute atomic E-state index is 0.309. The van der Waals surface area contributed by atoms with Gasteiger partial charge in [0, 0.05) is 16.1 Å². The molecule has 0 saturated carbocycles. The smallest absolute Gasteiger partial charge is 0.124 e. The molecular formula is C17H28BrNO. The van der Waals surface area contributed by atoms with E-state index in [-0.39, 0.29) is 0 Å². The summed E-state index contributed by atoms with van der Waals surface area (Å²) in [6.07, 6.45) is 1.09. The summed E-state index contributed by atoms with van der Waals surface area (Å²) in [5.74, 6) is 1.60. The molecule has 0 heterocycles. The second kappa shape index (κ2) is 7.46. The molecule has 3 heteroatoms. The van der Waals surface area contributed by atoms with Gasteiger partial charge in [0.25, 0.3) is 0 Å². The Labute approximate surface area is 132 Å². The number of nitrogens with one attached hydrogen (secondary N) is 1. The van der Waals surface area contributed by atoms with Crippen LogP contribution in [0.15, 0.2) is 22.7 Å². The molecule has 0 aliphatic rings. The molecule has 0 bridgehead atoms. The van der Waals surface area contributed by atoms with E-state index in [9.17, 15) is 0 Å². The Morgan fingerprint density at radius 3 is 2.45 bits per heavy atom. The summed E-state index contributed by atoms with van der Waals surface area (Å²) in [6.45, 7) is 11.9. The van der Waals surface area contributed by atoms with Crippen LogP contribution >= 0.6 is 15.9 Å². The van der Waals surface area contributed by atoms with Crippen molar-refractivity contribution in [3.63, 3.8) is 0 Å². The largest absolute Gasteiger partial charge is 0.494 e. The SMILES string of the molecule is CCOc1ccc(Br)cc1C(CC(C)C(C)(C)C)NC. The van der Waals surface area contributed by atoms with Gasteiger partial charge >= 0.3 is 0 Å². The van der Waals surface area contributed by atoms with Crippen LogP contribution < -0.4 is 10.1 Å². The zero-order valence-corrected chi connectivity index (χ0v) is 15.2. The zero-order valence-electron chi connectivity index (χ0n) is 13.6. The molecule has 1 aromatic carbocycles. The van der Waals surface area contributed by atoms with E-state index in [4.69, 9.17) is 4.74 Å². The third-order valence-electron chi connectivity index (χ3n) is 4.06. The number of hydrogen-bond acceptors (Lipinski definition) is 2. The van der Waals surface area contributed by atoms with Crippen LogP contribution in [-0.4, -0.2) is 13.7 Å². The van der Waals surface area contributed by atoms with E-state index in [0.717, 1.165) is 16.6 Å². The molecule has 0 radical (unpaired) electrons. The van der Waals surface area contributed by atoms with Gasteiger partial charge in [0.05, 0.1) is 6.61 Å². The fourth-order valence-corrected chi connectivity index (χ4v) is 2.56. The molecule has 0 aromatic heterocycles. The number of hydrogen-bond donors (Lipinski definition) is 1. The maximum atomic E-state index is 5.78. The van der Waals surface area contributed by atoms with Crippen molar-refractivity contribution in [1.82, 2.24) is 5.32 Å². The first-order valence-electron chi connectivity index (χ1n) is 7.39. The van der Waals surface area contributed by atoms with E-state index < -0.39 is 0 Å². The summed E-state index contributed by atoms with van der Waals surface area (Å²) < 4.78 is 6.88. The molecule has 2 unspecified atom stereocenters. The molecular weight excluding hydrogens is 314 g/mol. The predicted octanol–water partition coefficient (Wildman–Crippen LogP) is 5.18. The van der Waals surface area contributed by atoms with Gasteiger partial charge in [-0.15, -0.1) is 0 Å². The van der Waals surface area contributed by atoms with E-state index in [1.807, 2.05) is 20.0 Å². The van der Waals surface area contributed by atoms with Crippen molar-refractivity contribution in [3.05, 3.63) is 28.2 Å². The minimum Gasteiger partial charge on any atom is -0.494 e. The second-order valence-corrected chi connectivity index (χ2v) is 7.37. The van der Waals surface area contributed by atoms with Crippen molar-refractivity contribution in [2.75, 3.05) is 13.7 Å². The Morgan fingerprint density at radius 1 is 1.30 bits per heavy atom. The monoisotopic (exact) mass is 341 g/mol. The lowest BCUT2D eigenvalue weighted by Crippen LogP contribution is -2.25. The summed E-state index contributed by atoms with van der Waals surface area (Å²) in [5.41, 5.74) is 1.55. The van der Waals surface area contributed by atoms with Gasteiger partial charge < -0.3 is 10.1 Å². The van der Waals surface area contributed by atoms with Gasteiger partial charge in [-0.25, -0.2) is 0 Å². The molecule has 0 spiro atoms. The van der Waals surface area contributed by atoms with Crippen molar-refractivity contribution in [1.29, 1.82) is 0 Å². The Morgan fingerprint density at radius 2 is 1.95 bits per heavy atom. The topological polar surface area (TPSA) is 21.3 Å². The van der Waals surface area contributed by atoms with Crippen molar-refractivity contribution in [3.8, 4) is 5.75 Å². The van der Waals surface area contributed by atoms with Crippen molar-refractivity contribution < 1.29 is 4.74 Å². The first-order chi connectivity index (χ1) is 9.29. The van der Waals surface area contributed by atoms with E-state index in [1.165, 1.54) is 5.56 Å². The van der Waals surface area contributed by atoms with Crippen LogP contribution in [0.2, 0.25) is 0 Å². The maximum Gasteiger partial charge on any atom is 0.124 e. The van der Waals surface area contributed by atoms with Gasteiger partial charge in [-0.05, 0) is 49.9 Å². The van der Waals surface area contributed by atoms with Crippen LogP contribution in [-0.2, 0) is 0 Å². The van der Waals surface area contributed by atoms with Crippen molar-refractivity contribution >= 4 is 15.9 Å². The third-order valence-corrected chi connectivity index (χ3v) is 4.56. The lowest BCUT2D eigenvalue weighted by atomic mass is 9.77. The quantitative estimate of drug-likeness (QED) is 0.769. The summed E-state index contributed by atoms with van der Waals surface area (Å²) >= 11 is 3.57. The maximum absolute atomic E-state index is 5.78. The molecule has 2 atom stereocenters. The fourth-order valence-electron chi connectivity index (χ4n) is 2.19. The molecule has 0 amide bonds. The Balaban J connectivity index is 3.02. The van der Waals surface area contributed by atoms with Crippen LogP contribution in [0.5, 0.6) is 5.75 Å². The standard InChI is InChI=1S/C17H28BrNO/c1-7-20-16-9-8-13(18)11-14(16)15(19-6)10-12(2)17(3,4)5/h8-9,11-12,15,19H,7,10H2,1-6H3. The molecule has 114 valence electrons. The predicted molar refractivity (Wildman–Crippen MR) is 90.3 cm³/mol. The highest BCUT2D eigenvalue weighted by atomic mass is 79.9.